The minimum Gasteiger partial charge on any atom is -0.334 e. The van der Waals surface area contributed by atoms with Crippen LogP contribution in [-0.4, -0.2) is 12.3 Å². The van der Waals surface area contributed by atoms with Gasteiger partial charge in [0.05, 0.1) is 5.54 Å². The summed E-state index contributed by atoms with van der Waals surface area (Å²) in [7, 11) is 0. The van der Waals surface area contributed by atoms with Crippen molar-refractivity contribution in [1.29, 1.82) is 0 Å². The standard InChI is InChI=1S/C61H61BFN3/c1-57(2,3)40-33-41(58(4,5)6)35-44(34-40)65-51-23-17-21-47-55(51)62-54-46(59(47,7)8)20-16-22-50(54)64(43-27-25-42(63)26-28-43)52-36-45(37-53(65)56(52)62)66-49-29-24-39(38-18-12-11-13-19-38)32-48(49)60(9)30-14-15-31-61(60,66)10/h11-13,16-29,32-37H,14-15,30-31H2,1-10H3. The maximum Gasteiger partial charge on any atom is 0.252 e. The molecule has 4 aliphatic heterocycles. The van der Waals surface area contributed by atoms with Crippen LogP contribution in [0.3, 0.4) is 0 Å². The second kappa shape index (κ2) is 13.8. The molecule has 2 atom stereocenters. The van der Waals surface area contributed by atoms with E-state index in [2.05, 4.69) is 199 Å². The van der Waals surface area contributed by atoms with E-state index in [4.69, 9.17) is 0 Å². The van der Waals surface area contributed by atoms with Gasteiger partial charge in [-0.2, -0.15) is 0 Å². The van der Waals surface area contributed by atoms with Gasteiger partial charge in [0.2, 0.25) is 0 Å². The molecule has 4 heterocycles. The first-order valence-corrected chi connectivity index (χ1v) is 24.4. The summed E-state index contributed by atoms with van der Waals surface area (Å²) in [5.74, 6) is -0.230. The summed E-state index contributed by atoms with van der Waals surface area (Å²) < 4.78 is 15.0. The Bertz CT molecular complexity index is 3120. The van der Waals surface area contributed by atoms with Crippen LogP contribution in [0.1, 0.15) is 123 Å². The van der Waals surface area contributed by atoms with Crippen LogP contribution in [0, 0.1) is 5.82 Å². The van der Waals surface area contributed by atoms with Crippen molar-refractivity contribution in [2.24, 2.45) is 0 Å². The minimum atomic E-state index is -0.260. The minimum absolute atomic E-state index is 0.0186. The third-order valence-electron chi connectivity index (χ3n) is 16.9. The molecule has 0 bridgehead atoms. The molecule has 12 rings (SSSR count). The number of hydrogen-bond acceptors (Lipinski definition) is 3. The second-order valence-corrected chi connectivity index (χ2v) is 23.1. The van der Waals surface area contributed by atoms with Gasteiger partial charge in [0.25, 0.3) is 6.71 Å². The van der Waals surface area contributed by atoms with Gasteiger partial charge in [0.15, 0.2) is 0 Å². The largest absolute Gasteiger partial charge is 0.334 e. The Balaban J connectivity index is 1.21. The number of fused-ring (bicyclic) bond motifs is 3. The summed E-state index contributed by atoms with van der Waals surface area (Å²) in [4.78, 5) is 7.86. The zero-order valence-electron chi connectivity index (χ0n) is 40.4. The number of anilines is 8. The molecule has 5 aliphatic rings. The van der Waals surface area contributed by atoms with Crippen molar-refractivity contribution < 1.29 is 4.39 Å². The fraction of sp³-hybridized carbons (Fsp3) is 0.311. The predicted molar refractivity (Wildman–Crippen MR) is 278 cm³/mol. The molecular weight excluding hydrogens is 805 g/mol. The SMILES string of the molecule is CC(C)(C)c1cc(N2c3cc(N4c5ccc(-c6ccccc6)cc5C5(C)CCCCC45C)cc4c3B3c5c(cccc5C(C)(C)c5cccc2c53)N4c2ccc(F)cc2)cc(C(C)(C)C)c1. The van der Waals surface area contributed by atoms with Crippen molar-refractivity contribution >= 4 is 68.6 Å². The number of rotatable bonds is 4. The van der Waals surface area contributed by atoms with Gasteiger partial charge >= 0.3 is 0 Å². The zero-order valence-corrected chi connectivity index (χ0v) is 40.4. The zero-order chi connectivity index (χ0) is 45.9. The molecule has 0 aromatic heterocycles. The van der Waals surface area contributed by atoms with E-state index < -0.39 is 0 Å². The van der Waals surface area contributed by atoms with Gasteiger partial charge in [-0.3, -0.25) is 0 Å². The van der Waals surface area contributed by atoms with Crippen molar-refractivity contribution in [2.45, 2.75) is 122 Å². The van der Waals surface area contributed by atoms with Crippen LogP contribution in [0.5, 0.6) is 0 Å². The van der Waals surface area contributed by atoms with Crippen molar-refractivity contribution in [3.8, 4) is 11.1 Å². The summed E-state index contributed by atoms with van der Waals surface area (Å²) in [6, 6.07) is 51.8. The first-order chi connectivity index (χ1) is 31.4. The van der Waals surface area contributed by atoms with Gasteiger partial charge in [0.1, 0.15) is 5.82 Å². The molecular formula is C61H61BFN3. The maximum absolute atomic E-state index is 15.0. The van der Waals surface area contributed by atoms with Crippen LogP contribution in [-0.2, 0) is 21.7 Å². The predicted octanol–water partition coefficient (Wildman–Crippen LogP) is 14.6. The molecule has 1 aliphatic carbocycles. The molecule has 330 valence electrons. The molecule has 3 nitrogen and oxygen atoms in total. The average molecular weight is 866 g/mol. The fourth-order valence-corrected chi connectivity index (χ4v) is 13.1. The van der Waals surface area contributed by atoms with E-state index in [1.54, 1.807) is 12.1 Å². The van der Waals surface area contributed by atoms with Gasteiger partial charge in [-0.25, -0.2) is 4.39 Å². The monoisotopic (exact) mass is 865 g/mol. The Kier molecular flexibility index (Phi) is 8.62. The van der Waals surface area contributed by atoms with E-state index in [9.17, 15) is 4.39 Å². The molecule has 1 saturated carbocycles. The maximum atomic E-state index is 15.0. The van der Waals surface area contributed by atoms with E-state index in [1.807, 2.05) is 12.1 Å². The van der Waals surface area contributed by atoms with E-state index >= 15 is 0 Å². The van der Waals surface area contributed by atoms with E-state index in [0.717, 1.165) is 24.2 Å². The van der Waals surface area contributed by atoms with Crippen LogP contribution >= 0.6 is 0 Å². The number of nitrogens with zero attached hydrogens (tertiary/aromatic N) is 3. The lowest BCUT2D eigenvalue weighted by Gasteiger charge is -2.52. The normalized spacial score (nSPS) is 20.8. The van der Waals surface area contributed by atoms with Gasteiger partial charge < -0.3 is 14.7 Å². The lowest BCUT2D eigenvalue weighted by molar-refractivity contribution is 0.195. The number of halogens is 1. The molecule has 0 amide bonds. The molecule has 0 saturated heterocycles. The summed E-state index contributed by atoms with van der Waals surface area (Å²) in [6.07, 6.45) is 4.63. The van der Waals surface area contributed by atoms with Crippen LogP contribution in [0.2, 0.25) is 0 Å². The first-order valence-electron chi connectivity index (χ1n) is 24.4. The summed E-state index contributed by atoms with van der Waals surface area (Å²) in [5, 5.41) is 0. The molecule has 0 N–H and O–H groups in total. The van der Waals surface area contributed by atoms with Crippen molar-refractivity contribution in [3.05, 3.63) is 173 Å². The summed E-state index contributed by atoms with van der Waals surface area (Å²) >= 11 is 0. The lowest BCUT2D eigenvalue weighted by Crippen LogP contribution is -2.67. The van der Waals surface area contributed by atoms with Crippen LogP contribution < -0.4 is 31.1 Å². The van der Waals surface area contributed by atoms with Gasteiger partial charge in [0, 0.05) is 56.3 Å². The fourth-order valence-electron chi connectivity index (χ4n) is 13.1. The quantitative estimate of drug-likeness (QED) is 0.163. The highest BCUT2D eigenvalue weighted by molar-refractivity contribution is 7.01. The number of hydrogen-bond donors (Lipinski definition) is 0. The summed E-state index contributed by atoms with van der Waals surface area (Å²) in [6.45, 7) is 24.0. The number of benzene rings is 7. The molecule has 0 radical (unpaired) electrons. The Labute approximate surface area is 392 Å². The molecule has 1 fully saturated rings. The summed E-state index contributed by atoms with van der Waals surface area (Å²) in [5.41, 5.74) is 22.2. The molecule has 66 heavy (non-hydrogen) atoms. The van der Waals surface area contributed by atoms with Crippen molar-refractivity contribution in [2.75, 3.05) is 14.7 Å². The topological polar surface area (TPSA) is 9.72 Å². The van der Waals surface area contributed by atoms with Gasteiger partial charge in [-0.05, 0) is 159 Å². The Morgan fingerprint density at radius 3 is 1.64 bits per heavy atom. The Morgan fingerprint density at radius 1 is 0.470 bits per heavy atom. The second-order valence-electron chi connectivity index (χ2n) is 23.1. The van der Waals surface area contributed by atoms with E-state index in [1.165, 1.54) is 102 Å². The molecule has 0 spiro atoms. The molecule has 7 aromatic carbocycles. The van der Waals surface area contributed by atoms with Crippen molar-refractivity contribution in [3.63, 3.8) is 0 Å². The third-order valence-corrected chi connectivity index (χ3v) is 16.9. The van der Waals surface area contributed by atoms with E-state index in [-0.39, 0.29) is 39.7 Å². The van der Waals surface area contributed by atoms with Gasteiger partial charge in [-0.15, -0.1) is 0 Å². The Hall–Kier alpha value is -6.07. The van der Waals surface area contributed by atoms with Crippen LogP contribution in [0.4, 0.5) is 49.9 Å². The van der Waals surface area contributed by atoms with Crippen molar-refractivity contribution in [1.82, 2.24) is 0 Å². The lowest BCUT2D eigenvalue weighted by atomic mass is 9.28. The highest BCUT2D eigenvalue weighted by Gasteiger charge is 2.59. The van der Waals surface area contributed by atoms with Crippen LogP contribution in [0.15, 0.2) is 140 Å². The first kappa shape index (κ1) is 41.4. The smallest absolute Gasteiger partial charge is 0.252 e. The highest BCUT2D eigenvalue weighted by Crippen LogP contribution is 2.62. The molecule has 2 unspecified atom stereocenters. The van der Waals surface area contributed by atoms with E-state index in [0.29, 0.717) is 0 Å². The Morgan fingerprint density at radius 2 is 1.05 bits per heavy atom. The van der Waals surface area contributed by atoms with Gasteiger partial charge in [-0.1, -0.05) is 142 Å². The average Bonchev–Trinajstić information content (AvgIpc) is 3.50. The highest BCUT2D eigenvalue weighted by atomic mass is 19.1. The molecule has 7 aromatic rings. The third kappa shape index (κ3) is 5.61. The van der Waals surface area contributed by atoms with Crippen LogP contribution in [0.25, 0.3) is 11.1 Å². The molecule has 5 heteroatoms.